The number of hydrogen-bond donors (Lipinski definition) is 1. The highest BCUT2D eigenvalue weighted by Gasteiger charge is 2.22. The van der Waals surface area contributed by atoms with Crippen molar-refractivity contribution >= 4 is 9.84 Å². The molecule has 0 saturated carbocycles. The van der Waals surface area contributed by atoms with E-state index in [0.717, 1.165) is 13.0 Å². The minimum atomic E-state index is -2.92. The molecule has 3 nitrogen and oxygen atoms in total. The van der Waals surface area contributed by atoms with Crippen LogP contribution in [0.5, 0.6) is 0 Å². The first-order chi connectivity index (χ1) is 7.91. The van der Waals surface area contributed by atoms with Crippen LogP contribution < -0.4 is 5.32 Å². The summed E-state index contributed by atoms with van der Waals surface area (Å²) in [7, 11) is -2.92. The molecule has 1 atom stereocenters. The number of hydrogen-bond acceptors (Lipinski definition) is 3. The van der Waals surface area contributed by atoms with Crippen molar-refractivity contribution in [1.29, 1.82) is 0 Å². The van der Waals surface area contributed by atoms with Crippen LogP contribution in [0.15, 0.2) is 0 Å². The van der Waals surface area contributed by atoms with Gasteiger partial charge in [-0.15, -0.1) is 0 Å². The minimum Gasteiger partial charge on any atom is -0.316 e. The van der Waals surface area contributed by atoms with Gasteiger partial charge in [0.05, 0.1) is 11.0 Å². The lowest BCUT2D eigenvalue weighted by Crippen LogP contribution is -2.31. The molecule has 0 spiro atoms. The van der Waals surface area contributed by atoms with Gasteiger partial charge in [-0.25, -0.2) is 8.42 Å². The van der Waals surface area contributed by atoms with Gasteiger partial charge in [0, 0.05) is 6.54 Å². The molecule has 0 aliphatic carbocycles. The van der Waals surface area contributed by atoms with E-state index < -0.39 is 9.84 Å². The second kappa shape index (κ2) is 8.92. The van der Waals surface area contributed by atoms with Crippen molar-refractivity contribution in [3.8, 4) is 0 Å². The van der Waals surface area contributed by atoms with E-state index in [4.69, 9.17) is 0 Å². The van der Waals surface area contributed by atoms with Gasteiger partial charge in [0.15, 0.2) is 9.84 Å². The third-order valence-electron chi connectivity index (χ3n) is 3.28. The van der Waals surface area contributed by atoms with Crippen molar-refractivity contribution in [2.45, 2.75) is 58.6 Å². The van der Waals surface area contributed by atoms with Crippen LogP contribution in [-0.4, -0.2) is 32.5 Å². The molecular formula is C13H29NO2S. The molecule has 0 radical (unpaired) electrons. The summed E-state index contributed by atoms with van der Waals surface area (Å²) in [5.41, 5.74) is 0. The Morgan fingerprint density at radius 1 is 1.00 bits per heavy atom. The zero-order valence-corrected chi connectivity index (χ0v) is 12.6. The van der Waals surface area contributed by atoms with E-state index in [0.29, 0.717) is 6.54 Å². The maximum absolute atomic E-state index is 11.9. The molecule has 1 unspecified atom stereocenters. The van der Waals surface area contributed by atoms with Gasteiger partial charge in [0.1, 0.15) is 0 Å². The molecule has 0 fully saturated rings. The fourth-order valence-corrected chi connectivity index (χ4v) is 3.25. The van der Waals surface area contributed by atoms with Crippen molar-refractivity contribution in [3.05, 3.63) is 0 Å². The molecule has 0 aliphatic heterocycles. The molecule has 0 aromatic carbocycles. The first-order valence-corrected chi connectivity index (χ1v) is 8.55. The molecule has 1 N–H and O–H groups in total. The first kappa shape index (κ1) is 16.9. The second-order valence-electron chi connectivity index (χ2n) is 5.13. The fourth-order valence-electron chi connectivity index (χ4n) is 1.62. The number of unbranched alkanes of at least 4 members (excludes halogenated alkanes) is 3. The van der Waals surface area contributed by atoms with E-state index in [2.05, 4.69) is 12.2 Å². The Morgan fingerprint density at radius 3 is 2.18 bits per heavy atom. The van der Waals surface area contributed by atoms with Crippen molar-refractivity contribution in [3.63, 3.8) is 0 Å². The number of nitrogens with one attached hydrogen (secondary N) is 1. The lowest BCUT2D eigenvalue weighted by Gasteiger charge is -2.16. The molecule has 0 saturated heterocycles. The van der Waals surface area contributed by atoms with E-state index in [9.17, 15) is 8.42 Å². The molecule has 0 aromatic rings. The van der Waals surface area contributed by atoms with E-state index in [1.165, 1.54) is 19.3 Å². The predicted molar refractivity (Wildman–Crippen MR) is 75.1 cm³/mol. The van der Waals surface area contributed by atoms with Gasteiger partial charge in [0.2, 0.25) is 0 Å². The molecule has 0 rings (SSSR count). The molecule has 0 amide bonds. The van der Waals surface area contributed by atoms with Crippen LogP contribution in [0.4, 0.5) is 0 Å². The molecular weight excluding hydrogens is 234 g/mol. The molecule has 17 heavy (non-hydrogen) atoms. The quantitative estimate of drug-likeness (QED) is 0.616. The Bertz CT molecular complexity index is 273. The highest BCUT2D eigenvalue weighted by Crippen LogP contribution is 2.11. The molecule has 4 heteroatoms. The Kier molecular flexibility index (Phi) is 8.88. The smallest absolute Gasteiger partial charge is 0.154 e. The van der Waals surface area contributed by atoms with Crippen LogP contribution in [0, 0.1) is 5.92 Å². The van der Waals surface area contributed by atoms with Crippen LogP contribution in [0.3, 0.4) is 0 Å². The van der Waals surface area contributed by atoms with Gasteiger partial charge in [0.25, 0.3) is 0 Å². The monoisotopic (exact) mass is 263 g/mol. The largest absolute Gasteiger partial charge is 0.316 e. The normalized spacial score (nSPS) is 14.2. The summed E-state index contributed by atoms with van der Waals surface area (Å²) in [5, 5.41) is 2.98. The average Bonchev–Trinajstić information content (AvgIpc) is 2.26. The molecule has 0 aromatic heterocycles. The Hall–Kier alpha value is -0.0900. The SMILES string of the molecule is CCCCCCNCCS(=O)(=O)C(C)C(C)C. The first-order valence-electron chi connectivity index (χ1n) is 6.84. The lowest BCUT2D eigenvalue weighted by atomic mass is 10.2. The van der Waals surface area contributed by atoms with Crippen LogP contribution in [0.1, 0.15) is 53.4 Å². The van der Waals surface area contributed by atoms with Gasteiger partial charge < -0.3 is 5.32 Å². The summed E-state index contributed by atoms with van der Waals surface area (Å²) in [4.78, 5) is 0. The molecule has 0 bridgehead atoms. The van der Waals surface area contributed by atoms with Crippen LogP contribution in [-0.2, 0) is 9.84 Å². The van der Waals surface area contributed by atoms with Crippen LogP contribution >= 0.6 is 0 Å². The van der Waals surface area contributed by atoms with Crippen molar-refractivity contribution in [2.24, 2.45) is 5.92 Å². The van der Waals surface area contributed by atoms with E-state index >= 15 is 0 Å². The summed E-state index contributed by atoms with van der Waals surface area (Å²) >= 11 is 0. The zero-order chi connectivity index (χ0) is 13.3. The van der Waals surface area contributed by atoms with Crippen LogP contribution in [0.25, 0.3) is 0 Å². The van der Waals surface area contributed by atoms with Crippen LogP contribution in [0.2, 0.25) is 0 Å². The Labute approximate surface area is 107 Å². The third kappa shape index (κ3) is 7.77. The third-order valence-corrected chi connectivity index (χ3v) is 5.73. The van der Waals surface area contributed by atoms with E-state index in [1.807, 2.05) is 13.8 Å². The second-order valence-corrected chi connectivity index (χ2v) is 7.60. The minimum absolute atomic E-state index is 0.199. The van der Waals surface area contributed by atoms with Gasteiger partial charge in [-0.1, -0.05) is 40.0 Å². The summed E-state index contributed by atoms with van der Waals surface area (Å²) in [6, 6.07) is 0. The molecule has 0 heterocycles. The zero-order valence-electron chi connectivity index (χ0n) is 11.8. The summed E-state index contributed by atoms with van der Waals surface area (Å²) in [6.45, 7) is 9.44. The van der Waals surface area contributed by atoms with E-state index in [-0.39, 0.29) is 16.9 Å². The van der Waals surface area contributed by atoms with Crippen molar-refractivity contribution in [2.75, 3.05) is 18.8 Å². The maximum Gasteiger partial charge on any atom is 0.154 e. The highest BCUT2D eigenvalue weighted by atomic mass is 32.2. The summed E-state index contributed by atoms with van der Waals surface area (Å²) in [5.74, 6) is 0.463. The standard InChI is InChI=1S/C13H29NO2S/c1-5-6-7-8-9-14-10-11-17(15,16)13(4)12(2)3/h12-14H,5-11H2,1-4H3. The van der Waals surface area contributed by atoms with E-state index in [1.54, 1.807) is 6.92 Å². The maximum atomic E-state index is 11.9. The number of rotatable bonds is 10. The highest BCUT2D eigenvalue weighted by molar-refractivity contribution is 7.92. The fraction of sp³-hybridized carbons (Fsp3) is 1.00. The average molecular weight is 263 g/mol. The van der Waals surface area contributed by atoms with Gasteiger partial charge in [-0.3, -0.25) is 0 Å². The predicted octanol–water partition coefficient (Wildman–Crippen LogP) is 2.62. The summed E-state index contributed by atoms with van der Waals surface area (Å²) < 4.78 is 23.7. The lowest BCUT2D eigenvalue weighted by molar-refractivity contribution is 0.541. The van der Waals surface area contributed by atoms with Gasteiger partial charge in [-0.2, -0.15) is 0 Å². The Balaban J connectivity index is 3.67. The van der Waals surface area contributed by atoms with Gasteiger partial charge >= 0.3 is 0 Å². The topological polar surface area (TPSA) is 46.2 Å². The van der Waals surface area contributed by atoms with Gasteiger partial charge in [-0.05, 0) is 25.8 Å². The van der Waals surface area contributed by atoms with Crippen molar-refractivity contribution < 1.29 is 8.42 Å². The summed E-state index contributed by atoms with van der Waals surface area (Å²) in [6.07, 6.45) is 4.89. The Morgan fingerprint density at radius 2 is 1.65 bits per heavy atom. The molecule has 104 valence electrons. The van der Waals surface area contributed by atoms with Crippen molar-refractivity contribution in [1.82, 2.24) is 5.32 Å². The molecule has 0 aliphatic rings. The number of sulfone groups is 1.